The number of aromatic nitrogens is 1. The summed E-state index contributed by atoms with van der Waals surface area (Å²) < 4.78 is 37.6. The average Bonchev–Trinajstić information content (AvgIpc) is 3.04. The number of thiazole rings is 1. The number of benzene rings is 2. The molecule has 0 aliphatic rings. The monoisotopic (exact) mass is 404 g/mol. The fraction of sp³-hybridized carbons (Fsp3) is 0.211. The van der Waals surface area contributed by atoms with Crippen molar-refractivity contribution in [2.24, 2.45) is 0 Å². The predicted octanol–water partition coefficient (Wildman–Crippen LogP) is 3.57. The van der Waals surface area contributed by atoms with Crippen LogP contribution >= 0.6 is 11.3 Å². The minimum atomic E-state index is -3.88. The molecule has 2 aromatic carbocycles. The molecule has 0 unspecified atom stereocenters. The lowest BCUT2D eigenvalue weighted by Crippen LogP contribution is -2.14. The van der Waals surface area contributed by atoms with Crippen LogP contribution in [0, 0.1) is 12.3 Å². The summed E-state index contributed by atoms with van der Waals surface area (Å²) in [6, 6.07) is 13.1. The molecule has 27 heavy (non-hydrogen) atoms. The fourth-order valence-corrected chi connectivity index (χ4v) is 4.07. The highest BCUT2D eigenvalue weighted by Gasteiger charge is 2.16. The van der Waals surface area contributed by atoms with E-state index in [2.05, 4.69) is 0 Å². The first kappa shape index (κ1) is 19.2. The number of nitrogens with one attached hydrogen (secondary N) is 1. The molecule has 1 aromatic heterocycles. The van der Waals surface area contributed by atoms with E-state index in [9.17, 15) is 8.42 Å². The van der Waals surface area contributed by atoms with Crippen LogP contribution in [0.4, 0.5) is 0 Å². The Labute approximate surface area is 162 Å². The molecule has 6 nitrogen and oxygen atoms in total. The molecule has 3 aromatic rings. The second-order valence-electron chi connectivity index (χ2n) is 5.94. The van der Waals surface area contributed by atoms with Gasteiger partial charge in [0.1, 0.15) is 16.4 Å². The molecule has 1 N–H and O–H groups in total. The van der Waals surface area contributed by atoms with Crippen molar-refractivity contribution in [2.75, 3.05) is 6.61 Å². The van der Waals surface area contributed by atoms with Crippen LogP contribution < -0.4 is 13.7 Å². The van der Waals surface area contributed by atoms with Crippen molar-refractivity contribution in [3.8, 4) is 11.5 Å². The van der Waals surface area contributed by atoms with Gasteiger partial charge in [0, 0.05) is 24.2 Å². The van der Waals surface area contributed by atoms with E-state index in [-0.39, 0.29) is 10.6 Å². The number of hydrogen-bond acceptors (Lipinski definition) is 6. The first-order valence-corrected chi connectivity index (χ1v) is 10.7. The van der Waals surface area contributed by atoms with Crippen LogP contribution in [0.15, 0.2) is 65.0 Å². The summed E-state index contributed by atoms with van der Waals surface area (Å²) in [7, 11) is -3.88. The largest absolute Gasteiger partial charge is 0.493 e. The first-order valence-electron chi connectivity index (χ1n) is 8.36. The van der Waals surface area contributed by atoms with Gasteiger partial charge in [0.25, 0.3) is 0 Å². The van der Waals surface area contributed by atoms with Crippen molar-refractivity contribution in [3.63, 3.8) is 0 Å². The Balaban J connectivity index is 1.64. The topological polar surface area (TPSA) is 81.4 Å². The van der Waals surface area contributed by atoms with Gasteiger partial charge in [-0.3, -0.25) is 5.41 Å². The molecule has 1 heterocycles. The molecule has 0 aliphatic carbocycles. The summed E-state index contributed by atoms with van der Waals surface area (Å²) in [5, 5.41) is 9.60. The van der Waals surface area contributed by atoms with E-state index < -0.39 is 10.1 Å². The van der Waals surface area contributed by atoms with Gasteiger partial charge in [0.15, 0.2) is 4.80 Å². The van der Waals surface area contributed by atoms with E-state index in [0.717, 1.165) is 12.0 Å². The SMILES string of the molecule is Cc1cc(OCCCn2ccsc2=N)cc(OS(=O)(=O)c2ccccc2)c1. The third-order valence-corrected chi connectivity index (χ3v) is 5.73. The highest BCUT2D eigenvalue weighted by atomic mass is 32.2. The Morgan fingerprint density at radius 2 is 1.85 bits per heavy atom. The standard InChI is InChI=1S/C19H20N2O4S2/c1-15-12-16(24-10-5-8-21-9-11-26-19(21)20)14-17(13-15)25-27(22,23)18-6-3-2-4-7-18/h2-4,6-7,9,11-14,20H,5,8,10H2,1H3. The first-order chi connectivity index (χ1) is 12.9. The normalized spacial score (nSPS) is 11.3. The maximum absolute atomic E-state index is 12.4. The van der Waals surface area contributed by atoms with Gasteiger partial charge in [0.2, 0.25) is 0 Å². The highest BCUT2D eigenvalue weighted by Crippen LogP contribution is 2.25. The summed E-state index contributed by atoms with van der Waals surface area (Å²) >= 11 is 1.38. The third-order valence-electron chi connectivity index (χ3n) is 3.76. The Morgan fingerprint density at radius 1 is 1.11 bits per heavy atom. The molecular formula is C19H20N2O4S2. The Morgan fingerprint density at radius 3 is 2.56 bits per heavy atom. The molecule has 0 aliphatic heterocycles. The smallest absolute Gasteiger partial charge is 0.339 e. The highest BCUT2D eigenvalue weighted by molar-refractivity contribution is 7.87. The van der Waals surface area contributed by atoms with Crippen LogP contribution in [0.1, 0.15) is 12.0 Å². The zero-order valence-electron chi connectivity index (χ0n) is 14.8. The molecule has 0 bridgehead atoms. The summed E-state index contributed by atoms with van der Waals surface area (Å²) in [6.45, 7) is 3.00. The van der Waals surface area contributed by atoms with Crippen molar-refractivity contribution in [1.29, 1.82) is 5.41 Å². The third kappa shape index (κ3) is 5.21. The second kappa shape index (κ2) is 8.41. The lowest BCUT2D eigenvalue weighted by atomic mass is 10.2. The van der Waals surface area contributed by atoms with Gasteiger partial charge in [-0.2, -0.15) is 8.42 Å². The molecule has 0 saturated carbocycles. The number of nitrogens with zero attached hydrogens (tertiary/aromatic N) is 1. The van der Waals surface area contributed by atoms with Crippen molar-refractivity contribution in [3.05, 3.63) is 70.5 Å². The average molecular weight is 405 g/mol. The number of rotatable bonds is 8. The maximum Gasteiger partial charge on any atom is 0.339 e. The van der Waals surface area contributed by atoms with Gasteiger partial charge in [-0.1, -0.05) is 18.2 Å². The molecule has 0 fully saturated rings. The van der Waals surface area contributed by atoms with Crippen LogP contribution in [0.3, 0.4) is 0 Å². The maximum atomic E-state index is 12.4. The van der Waals surface area contributed by atoms with E-state index in [0.29, 0.717) is 23.7 Å². The summed E-state index contributed by atoms with van der Waals surface area (Å²) in [6.07, 6.45) is 2.61. The zero-order valence-corrected chi connectivity index (χ0v) is 16.4. The lowest BCUT2D eigenvalue weighted by molar-refractivity contribution is 0.300. The molecule has 0 radical (unpaired) electrons. The van der Waals surface area contributed by atoms with E-state index in [1.807, 2.05) is 29.1 Å². The number of aryl methyl sites for hydroxylation is 2. The zero-order chi connectivity index (χ0) is 19.3. The van der Waals surface area contributed by atoms with Crippen LogP contribution in [0.2, 0.25) is 0 Å². The molecule has 3 rings (SSSR count). The Kier molecular flexibility index (Phi) is 5.98. The summed E-state index contributed by atoms with van der Waals surface area (Å²) in [4.78, 5) is 0.611. The van der Waals surface area contributed by atoms with Gasteiger partial charge in [-0.15, -0.1) is 11.3 Å². The molecule has 0 atom stereocenters. The van der Waals surface area contributed by atoms with E-state index >= 15 is 0 Å². The second-order valence-corrected chi connectivity index (χ2v) is 8.38. The Hall–Kier alpha value is -2.58. The molecule has 142 valence electrons. The van der Waals surface area contributed by atoms with Gasteiger partial charge in [-0.25, -0.2) is 0 Å². The lowest BCUT2D eigenvalue weighted by Gasteiger charge is -2.11. The number of ether oxygens (including phenoxy) is 1. The van der Waals surface area contributed by atoms with Crippen molar-refractivity contribution < 1.29 is 17.3 Å². The summed E-state index contributed by atoms with van der Waals surface area (Å²) in [5.74, 6) is 0.768. The quantitative estimate of drug-likeness (QED) is 0.460. The van der Waals surface area contributed by atoms with Gasteiger partial charge in [0.05, 0.1) is 6.61 Å². The summed E-state index contributed by atoms with van der Waals surface area (Å²) in [5.41, 5.74) is 0.839. The fourth-order valence-electron chi connectivity index (χ4n) is 2.51. The minimum Gasteiger partial charge on any atom is -0.493 e. The molecule has 8 heteroatoms. The molecule has 0 amide bonds. The van der Waals surface area contributed by atoms with E-state index in [1.54, 1.807) is 30.3 Å². The Bertz CT molecular complexity index is 1060. The van der Waals surface area contributed by atoms with Crippen LogP contribution in [-0.2, 0) is 16.7 Å². The van der Waals surface area contributed by atoms with Crippen molar-refractivity contribution in [2.45, 2.75) is 24.8 Å². The van der Waals surface area contributed by atoms with E-state index in [1.165, 1.54) is 23.5 Å². The minimum absolute atomic E-state index is 0.105. The molecular weight excluding hydrogens is 384 g/mol. The number of hydrogen-bond donors (Lipinski definition) is 1. The molecule has 0 spiro atoms. The van der Waals surface area contributed by atoms with Crippen LogP contribution in [0.5, 0.6) is 11.5 Å². The van der Waals surface area contributed by atoms with Crippen LogP contribution in [0.25, 0.3) is 0 Å². The molecule has 0 saturated heterocycles. The van der Waals surface area contributed by atoms with Gasteiger partial charge in [-0.05, 0) is 43.2 Å². The van der Waals surface area contributed by atoms with Crippen molar-refractivity contribution in [1.82, 2.24) is 4.57 Å². The van der Waals surface area contributed by atoms with Gasteiger partial charge < -0.3 is 13.5 Å². The van der Waals surface area contributed by atoms with Crippen LogP contribution in [-0.4, -0.2) is 19.6 Å². The van der Waals surface area contributed by atoms with Crippen molar-refractivity contribution >= 4 is 21.5 Å². The predicted molar refractivity (Wildman–Crippen MR) is 104 cm³/mol. The van der Waals surface area contributed by atoms with Gasteiger partial charge >= 0.3 is 10.1 Å². The van der Waals surface area contributed by atoms with E-state index in [4.69, 9.17) is 14.3 Å².